The molecule has 1 aliphatic heterocycles. The van der Waals surface area contributed by atoms with Crippen LogP contribution in [0, 0.1) is 5.92 Å². The lowest BCUT2D eigenvalue weighted by Crippen LogP contribution is -2.32. The van der Waals surface area contributed by atoms with Crippen LogP contribution in [0.4, 0.5) is 6.01 Å². The molecule has 2 unspecified atom stereocenters. The van der Waals surface area contributed by atoms with Gasteiger partial charge in [-0.2, -0.15) is 4.98 Å². The fraction of sp³-hybridized carbons (Fsp3) is 0.667. The lowest BCUT2D eigenvalue weighted by molar-refractivity contribution is 0.0519. The van der Waals surface area contributed by atoms with Gasteiger partial charge in [-0.05, 0) is 32.1 Å². The van der Waals surface area contributed by atoms with Crippen LogP contribution < -0.4 is 4.90 Å². The fourth-order valence-corrected chi connectivity index (χ4v) is 2.85. The van der Waals surface area contributed by atoms with Crippen LogP contribution >= 0.6 is 0 Å². The molecule has 3 rings (SSSR count). The zero-order chi connectivity index (χ0) is 11.8. The van der Waals surface area contributed by atoms with E-state index in [4.69, 9.17) is 9.15 Å². The van der Waals surface area contributed by atoms with E-state index in [1.807, 2.05) is 0 Å². The SMILES string of the molecule is CCOC(=O)c1coc(N2CC3CCC2C3)n1. The summed E-state index contributed by atoms with van der Waals surface area (Å²) in [4.78, 5) is 17.9. The molecule has 5 heteroatoms. The van der Waals surface area contributed by atoms with Crippen molar-refractivity contribution in [2.75, 3.05) is 18.1 Å². The number of piperidine rings is 1. The van der Waals surface area contributed by atoms with Gasteiger partial charge in [0.1, 0.15) is 6.26 Å². The van der Waals surface area contributed by atoms with Gasteiger partial charge >= 0.3 is 5.97 Å². The number of hydrogen-bond acceptors (Lipinski definition) is 5. The van der Waals surface area contributed by atoms with Crippen molar-refractivity contribution in [3.63, 3.8) is 0 Å². The van der Waals surface area contributed by atoms with Gasteiger partial charge in [0.25, 0.3) is 6.01 Å². The van der Waals surface area contributed by atoms with Gasteiger partial charge in [0.15, 0.2) is 5.69 Å². The summed E-state index contributed by atoms with van der Waals surface area (Å²) >= 11 is 0. The monoisotopic (exact) mass is 236 g/mol. The lowest BCUT2D eigenvalue weighted by Gasteiger charge is -2.24. The Morgan fingerprint density at radius 3 is 3.18 bits per heavy atom. The normalized spacial score (nSPS) is 26.5. The maximum Gasteiger partial charge on any atom is 0.360 e. The Labute approximate surface area is 99.8 Å². The maximum atomic E-state index is 11.5. The predicted octanol–water partition coefficient (Wildman–Crippen LogP) is 1.84. The number of anilines is 1. The van der Waals surface area contributed by atoms with Crippen molar-refractivity contribution in [3.8, 4) is 0 Å². The van der Waals surface area contributed by atoms with E-state index in [-0.39, 0.29) is 5.69 Å². The molecule has 2 fully saturated rings. The minimum atomic E-state index is -0.410. The summed E-state index contributed by atoms with van der Waals surface area (Å²) in [7, 11) is 0. The van der Waals surface area contributed by atoms with Gasteiger partial charge in [0, 0.05) is 12.6 Å². The van der Waals surface area contributed by atoms with Crippen LogP contribution in [0.3, 0.4) is 0 Å². The third-order valence-electron chi connectivity index (χ3n) is 3.63. The second-order valence-corrected chi connectivity index (χ2v) is 4.72. The average Bonchev–Trinajstić information content (AvgIpc) is 3.05. The number of fused-ring (bicyclic) bond motifs is 2. The molecular weight excluding hydrogens is 220 g/mol. The minimum absolute atomic E-state index is 0.268. The number of nitrogens with zero attached hydrogens (tertiary/aromatic N) is 2. The molecule has 1 aromatic heterocycles. The molecule has 92 valence electrons. The molecule has 0 aromatic carbocycles. The molecule has 1 aliphatic carbocycles. The van der Waals surface area contributed by atoms with E-state index in [1.54, 1.807) is 6.92 Å². The van der Waals surface area contributed by atoms with Gasteiger partial charge in [0.05, 0.1) is 6.61 Å². The highest BCUT2D eigenvalue weighted by Gasteiger charge is 2.40. The Hall–Kier alpha value is -1.52. The van der Waals surface area contributed by atoms with E-state index in [0.29, 0.717) is 18.7 Å². The van der Waals surface area contributed by atoms with Crippen LogP contribution in [0.2, 0.25) is 0 Å². The summed E-state index contributed by atoms with van der Waals surface area (Å²) in [6.45, 7) is 3.14. The quantitative estimate of drug-likeness (QED) is 0.749. The summed E-state index contributed by atoms with van der Waals surface area (Å²) in [5.41, 5.74) is 0.268. The van der Waals surface area contributed by atoms with Gasteiger partial charge in [-0.25, -0.2) is 4.79 Å². The highest BCUT2D eigenvalue weighted by Crippen LogP contribution is 2.39. The first-order valence-electron chi connectivity index (χ1n) is 6.17. The zero-order valence-electron chi connectivity index (χ0n) is 9.89. The van der Waals surface area contributed by atoms with E-state index >= 15 is 0 Å². The van der Waals surface area contributed by atoms with Gasteiger partial charge in [-0.1, -0.05) is 0 Å². The largest absolute Gasteiger partial charge is 0.461 e. The summed E-state index contributed by atoms with van der Waals surface area (Å²) in [5, 5.41) is 0. The van der Waals surface area contributed by atoms with E-state index < -0.39 is 5.97 Å². The Kier molecular flexibility index (Phi) is 2.53. The molecule has 2 bridgehead atoms. The van der Waals surface area contributed by atoms with Gasteiger partial charge in [0.2, 0.25) is 0 Å². The number of carbonyl (C=O) groups excluding carboxylic acids is 1. The molecule has 1 saturated carbocycles. The van der Waals surface area contributed by atoms with Crippen LogP contribution in [0.25, 0.3) is 0 Å². The fourth-order valence-electron chi connectivity index (χ4n) is 2.85. The second-order valence-electron chi connectivity index (χ2n) is 4.72. The van der Waals surface area contributed by atoms with Gasteiger partial charge in [-0.3, -0.25) is 0 Å². The molecule has 0 radical (unpaired) electrons. The lowest BCUT2D eigenvalue weighted by atomic mass is 10.1. The zero-order valence-corrected chi connectivity index (χ0v) is 9.89. The highest BCUT2D eigenvalue weighted by atomic mass is 16.5. The van der Waals surface area contributed by atoms with Crippen molar-refractivity contribution in [1.82, 2.24) is 4.98 Å². The van der Waals surface area contributed by atoms with Gasteiger partial charge in [-0.15, -0.1) is 0 Å². The molecule has 2 atom stereocenters. The molecule has 0 N–H and O–H groups in total. The van der Waals surface area contributed by atoms with Crippen LogP contribution in [-0.2, 0) is 4.74 Å². The third-order valence-corrected chi connectivity index (χ3v) is 3.63. The number of esters is 1. The number of carbonyl (C=O) groups is 1. The Balaban J connectivity index is 1.74. The second kappa shape index (κ2) is 4.05. The molecule has 2 aliphatic rings. The maximum absolute atomic E-state index is 11.5. The molecule has 0 amide bonds. The topological polar surface area (TPSA) is 55.6 Å². The number of ether oxygens (including phenoxy) is 1. The first-order chi connectivity index (χ1) is 8.28. The number of oxazole rings is 1. The number of hydrogen-bond donors (Lipinski definition) is 0. The van der Waals surface area contributed by atoms with Crippen molar-refractivity contribution in [2.45, 2.75) is 32.2 Å². The standard InChI is InChI=1S/C12H16N2O3/c1-2-16-11(15)10-7-17-12(13-10)14-6-8-3-4-9(14)5-8/h7-9H,2-6H2,1H3. The molecule has 17 heavy (non-hydrogen) atoms. The van der Waals surface area contributed by atoms with E-state index in [0.717, 1.165) is 12.5 Å². The first kappa shape index (κ1) is 10.6. The van der Waals surface area contributed by atoms with Crippen molar-refractivity contribution in [1.29, 1.82) is 0 Å². The van der Waals surface area contributed by atoms with Crippen LogP contribution in [0.5, 0.6) is 0 Å². The van der Waals surface area contributed by atoms with Crippen molar-refractivity contribution >= 4 is 12.0 Å². The Morgan fingerprint density at radius 2 is 2.53 bits per heavy atom. The van der Waals surface area contributed by atoms with Crippen LogP contribution in [-0.4, -0.2) is 30.1 Å². The van der Waals surface area contributed by atoms with E-state index in [1.165, 1.54) is 25.5 Å². The van der Waals surface area contributed by atoms with Crippen LogP contribution in [0.1, 0.15) is 36.7 Å². The highest BCUT2D eigenvalue weighted by molar-refractivity contribution is 5.87. The van der Waals surface area contributed by atoms with E-state index in [2.05, 4.69) is 9.88 Å². The first-order valence-corrected chi connectivity index (χ1v) is 6.17. The Bertz CT molecular complexity index is 429. The van der Waals surface area contributed by atoms with Crippen LogP contribution in [0.15, 0.2) is 10.7 Å². The summed E-state index contributed by atoms with van der Waals surface area (Å²) in [5.74, 6) is 0.366. The van der Waals surface area contributed by atoms with E-state index in [9.17, 15) is 4.79 Å². The average molecular weight is 236 g/mol. The minimum Gasteiger partial charge on any atom is -0.461 e. The molecule has 2 heterocycles. The summed E-state index contributed by atoms with van der Waals surface area (Å²) < 4.78 is 10.3. The third kappa shape index (κ3) is 1.79. The number of aromatic nitrogens is 1. The van der Waals surface area contributed by atoms with Crippen molar-refractivity contribution < 1.29 is 13.9 Å². The molecule has 1 saturated heterocycles. The molecule has 0 spiro atoms. The number of rotatable bonds is 3. The molecular formula is C12H16N2O3. The molecule has 1 aromatic rings. The van der Waals surface area contributed by atoms with Crippen molar-refractivity contribution in [3.05, 3.63) is 12.0 Å². The molecule has 5 nitrogen and oxygen atoms in total. The Morgan fingerprint density at radius 1 is 1.65 bits per heavy atom. The summed E-state index contributed by atoms with van der Waals surface area (Å²) in [6.07, 6.45) is 5.14. The summed E-state index contributed by atoms with van der Waals surface area (Å²) in [6, 6.07) is 1.12. The van der Waals surface area contributed by atoms with Crippen molar-refractivity contribution in [2.24, 2.45) is 5.92 Å². The predicted molar refractivity (Wildman–Crippen MR) is 60.9 cm³/mol. The smallest absolute Gasteiger partial charge is 0.360 e. The van der Waals surface area contributed by atoms with Gasteiger partial charge < -0.3 is 14.1 Å².